The monoisotopic (exact) mass is 799 g/mol. The number of aliphatic hydroxyl groups excluding tert-OH is 2. The molecule has 0 bridgehead atoms. The zero-order valence-electron chi connectivity index (χ0n) is 34.6. The highest BCUT2D eigenvalue weighted by molar-refractivity contribution is 7.47. The van der Waals surface area contributed by atoms with Gasteiger partial charge in [-0.2, -0.15) is 0 Å². The molecule has 0 rings (SSSR count). The van der Waals surface area contributed by atoms with Crippen LogP contribution in [0.1, 0.15) is 181 Å². The molecule has 0 saturated carbocycles. The van der Waals surface area contributed by atoms with Gasteiger partial charge in [0.15, 0.2) is 6.10 Å². The molecule has 11 heteroatoms. The van der Waals surface area contributed by atoms with Crippen LogP contribution in [0.15, 0.2) is 48.6 Å². The van der Waals surface area contributed by atoms with Gasteiger partial charge in [0.05, 0.1) is 19.8 Å². The van der Waals surface area contributed by atoms with Gasteiger partial charge >= 0.3 is 19.8 Å². The first-order valence-electron chi connectivity index (χ1n) is 21.6. The minimum Gasteiger partial charge on any atom is -0.462 e. The number of allylic oxidation sites excluding steroid dienone is 8. The SMILES string of the molecule is CCCCCC/C=C\C/C=C\CCCCCCCC(=O)OCC(COP(=O)(O)OCC(O)CO)OC(=O)CCCCCCC/C=C\C/C=C\CCCCCC. The summed E-state index contributed by atoms with van der Waals surface area (Å²) < 4.78 is 32.7. The molecule has 0 heterocycles. The van der Waals surface area contributed by atoms with Gasteiger partial charge in [-0.05, 0) is 77.0 Å². The van der Waals surface area contributed by atoms with E-state index in [0.717, 1.165) is 83.5 Å². The first-order valence-corrected chi connectivity index (χ1v) is 23.1. The Balaban J connectivity index is 4.36. The third-order valence-electron chi connectivity index (χ3n) is 8.96. The highest BCUT2D eigenvalue weighted by Crippen LogP contribution is 2.43. The van der Waals surface area contributed by atoms with Crippen molar-refractivity contribution in [3.05, 3.63) is 48.6 Å². The molecule has 0 radical (unpaired) electrons. The van der Waals surface area contributed by atoms with Gasteiger partial charge in [0.25, 0.3) is 0 Å². The van der Waals surface area contributed by atoms with Crippen LogP contribution < -0.4 is 0 Å². The van der Waals surface area contributed by atoms with Gasteiger partial charge in [-0.3, -0.25) is 18.6 Å². The Hall–Kier alpha value is -2.07. The highest BCUT2D eigenvalue weighted by Gasteiger charge is 2.27. The lowest BCUT2D eigenvalue weighted by molar-refractivity contribution is -0.161. The zero-order chi connectivity index (χ0) is 40.5. The van der Waals surface area contributed by atoms with E-state index in [9.17, 15) is 24.2 Å². The molecule has 320 valence electrons. The van der Waals surface area contributed by atoms with Crippen LogP contribution in [-0.4, -0.2) is 65.7 Å². The molecule has 0 aliphatic rings. The fourth-order valence-corrected chi connectivity index (χ4v) is 6.37. The largest absolute Gasteiger partial charge is 0.472 e. The third-order valence-corrected chi connectivity index (χ3v) is 9.91. The number of carbonyl (C=O) groups excluding carboxylic acids is 2. The van der Waals surface area contributed by atoms with E-state index in [4.69, 9.17) is 19.1 Å². The van der Waals surface area contributed by atoms with Gasteiger partial charge in [-0.25, -0.2) is 4.57 Å². The van der Waals surface area contributed by atoms with Crippen LogP contribution in [0.5, 0.6) is 0 Å². The number of hydrogen-bond acceptors (Lipinski definition) is 9. The number of rotatable bonds is 40. The first-order chi connectivity index (χ1) is 26.7. The molecule has 55 heavy (non-hydrogen) atoms. The van der Waals surface area contributed by atoms with Crippen LogP contribution in [0.4, 0.5) is 0 Å². The van der Waals surface area contributed by atoms with Crippen LogP contribution in [0.25, 0.3) is 0 Å². The molecule has 0 amide bonds. The number of hydrogen-bond donors (Lipinski definition) is 3. The molecule has 0 aromatic carbocycles. The Morgan fingerprint density at radius 2 is 0.945 bits per heavy atom. The molecule has 0 aliphatic heterocycles. The van der Waals surface area contributed by atoms with Crippen molar-refractivity contribution in [2.75, 3.05) is 26.4 Å². The van der Waals surface area contributed by atoms with Gasteiger partial charge in [0.2, 0.25) is 0 Å². The molecule has 0 saturated heterocycles. The summed E-state index contributed by atoms with van der Waals surface area (Å²) in [5.41, 5.74) is 0. The summed E-state index contributed by atoms with van der Waals surface area (Å²) in [7, 11) is -4.62. The number of phosphoric ester groups is 1. The number of aliphatic hydroxyl groups is 2. The molecule has 0 fully saturated rings. The van der Waals surface area contributed by atoms with Crippen molar-refractivity contribution in [3.8, 4) is 0 Å². The average molecular weight is 799 g/mol. The second-order valence-corrected chi connectivity index (χ2v) is 15.8. The van der Waals surface area contributed by atoms with Crippen LogP contribution in [0, 0.1) is 0 Å². The molecule has 10 nitrogen and oxygen atoms in total. The first kappa shape index (κ1) is 52.9. The fraction of sp³-hybridized carbons (Fsp3) is 0.773. The maximum atomic E-state index is 12.6. The highest BCUT2D eigenvalue weighted by atomic mass is 31.2. The van der Waals surface area contributed by atoms with Crippen LogP contribution >= 0.6 is 7.82 Å². The lowest BCUT2D eigenvalue weighted by Crippen LogP contribution is -2.29. The molecular formula is C44H79O10P. The lowest BCUT2D eigenvalue weighted by atomic mass is 10.1. The molecule has 3 atom stereocenters. The number of unbranched alkanes of at least 4 members (excludes halogenated alkanes) is 18. The minimum absolute atomic E-state index is 0.164. The van der Waals surface area contributed by atoms with Crippen LogP contribution in [-0.2, 0) is 32.7 Å². The number of esters is 2. The van der Waals surface area contributed by atoms with E-state index in [1.807, 2.05) is 0 Å². The summed E-state index contributed by atoms with van der Waals surface area (Å²) in [5.74, 6) is -0.958. The van der Waals surface area contributed by atoms with Crippen molar-refractivity contribution >= 4 is 19.8 Å². The van der Waals surface area contributed by atoms with E-state index in [1.165, 1.54) is 57.8 Å². The van der Waals surface area contributed by atoms with Crippen molar-refractivity contribution in [2.24, 2.45) is 0 Å². The van der Waals surface area contributed by atoms with Crippen LogP contribution in [0.3, 0.4) is 0 Å². The minimum atomic E-state index is -4.62. The predicted molar refractivity (Wildman–Crippen MR) is 224 cm³/mol. The smallest absolute Gasteiger partial charge is 0.462 e. The maximum Gasteiger partial charge on any atom is 0.472 e. The molecule has 3 unspecified atom stereocenters. The van der Waals surface area contributed by atoms with E-state index >= 15 is 0 Å². The van der Waals surface area contributed by atoms with Crippen molar-refractivity contribution in [1.29, 1.82) is 0 Å². The summed E-state index contributed by atoms with van der Waals surface area (Å²) in [6.45, 7) is 2.31. The fourth-order valence-electron chi connectivity index (χ4n) is 5.58. The number of ether oxygens (including phenoxy) is 2. The Labute approximate surface area is 334 Å². The van der Waals surface area contributed by atoms with E-state index in [0.29, 0.717) is 12.8 Å². The second-order valence-electron chi connectivity index (χ2n) is 14.4. The van der Waals surface area contributed by atoms with Gasteiger partial charge in [-0.15, -0.1) is 0 Å². The summed E-state index contributed by atoms with van der Waals surface area (Å²) in [6.07, 6.45) is 42.1. The third kappa shape index (κ3) is 39.9. The predicted octanol–water partition coefficient (Wildman–Crippen LogP) is 11.3. The summed E-state index contributed by atoms with van der Waals surface area (Å²) >= 11 is 0. The second kappa shape index (κ2) is 40.1. The van der Waals surface area contributed by atoms with Crippen molar-refractivity contribution in [3.63, 3.8) is 0 Å². The quantitative estimate of drug-likeness (QED) is 0.0237. The normalized spacial score (nSPS) is 14.3. The van der Waals surface area contributed by atoms with Gasteiger partial charge in [-0.1, -0.05) is 140 Å². The number of carbonyl (C=O) groups is 2. The molecule has 3 N–H and O–H groups in total. The summed E-state index contributed by atoms with van der Waals surface area (Å²) in [5, 5.41) is 18.3. The topological polar surface area (TPSA) is 149 Å². The summed E-state index contributed by atoms with van der Waals surface area (Å²) in [4.78, 5) is 35.0. The number of phosphoric acid groups is 1. The Kier molecular flexibility index (Phi) is 38.6. The molecule has 0 spiro atoms. The Morgan fingerprint density at radius 3 is 1.40 bits per heavy atom. The van der Waals surface area contributed by atoms with E-state index in [1.54, 1.807) is 0 Å². The molecule has 0 aliphatic carbocycles. The van der Waals surface area contributed by atoms with E-state index < -0.39 is 51.8 Å². The maximum absolute atomic E-state index is 12.6. The zero-order valence-corrected chi connectivity index (χ0v) is 35.5. The molecule has 0 aromatic heterocycles. The van der Waals surface area contributed by atoms with Crippen molar-refractivity contribution in [2.45, 2.75) is 193 Å². The Bertz CT molecular complexity index is 1060. The molecular weight excluding hydrogens is 719 g/mol. The van der Waals surface area contributed by atoms with Crippen LogP contribution in [0.2, 0.25) is 0 Å². The van der Waals surface area contributed by atoms with Gasteiger partial charge in [0.1, 0.15) is 12.7 Å². The van der Waals surface area contributed by atoms with E-state index in [-0.39, 0.29) is 19.4 Å². The Morgan fingerprint density at radius 1 is 0.545 bits per heavy atom. The van der Waals surface area contributed by atoms with Crippen molar-refractivity contribution < 1.29 is 47.8 Å². The van der Waals surface area contributed by atoms with Crippen molar-refractivity contribution in [1.82, 2.24) is 0 Å². The van der Waals surface area contributed by atoms with Gasteiger partial charge in [0, 0.05) is 12.8 Å². The van der Waals surface area contributed by atoms with E-state index in [2.05, 4.69) is 67.0 Å². The average Bonchev–Trinajstić information content (AvgIpc) is 3.17. The van der Waals surface area contributed by atoms with Gasteiger partial charge < -0.3 is 24.6 Å². The molecule has 0 aromatic rings. The lowest BCUT2D eigenvalue weighted by Gasteiger charge is -2.20. The standard InChI is InChI=1S/C44H79O10P/c1-3-5-7-9-11-13-15-17-19-21-23-25-27-29-31-33-35-43(47)51-39-42(40-53-55(49,50)52-38-41(46)37-45)54-44(48)36-34-32-30-28-26-24-22-20-18-16-14-12-10-8-6-4-2/h13-16,19-22,41-42,45-46H,3-12,17-18,23-40H2,1-2H3,(H,49,50)/b15-13-,16-14-,21-19-,22-20-. The summed E-state index contributed by atoms with van der Waals surface area (Å²) in [6, 6.07) is 0.